The van der Waals surface area contributed by atoms with Crippen LogP contribution in [0.25, 0.3) is 87.2 Å². The maximum Gasteiger partial charge on any atom is 0.164 e. The second-order valence-electron chi connectivity index (χ2n) is 12.7. The fourth-order valence-electron chi connectivity index (χ4n) is 7.15. The van der Waals surface area contributed by atoms with Gasteiger partial charge in [0.05, 0.1) is 0 Å². The predicted molar refractivity (Wildman–Crippen MR) is 208 cm³/mol. The van der Waals surface area contributed by atoms with Crippen LogP contribution in [-0.2, 0) is 0 Å². The summed E-state index contributed by atoms with van der Waals surface area (Å²) in [4.78, 5) is 15.4. The van der Waals surface area contributed by atoms with Gasteiger partial charge in [-0.25, -0.2) is 15.0 Å². The number of para-hydroxylation sites is 1. The smallest absolute Gasteiger partial charge is 0.164 e. The molecule has 5 heteroatoms. The van der Waals surface area contributed by atoms with Crippen molar-refractivity contribution in [2.24, 2.45) is 0 Å². The first-order valence-electron chi connectivity index (χ1n) is 16.9. The largest absolute Gasteiger partial charge is 0.456 e. The number of hydrogen-bond donors (Lipinski definition) is 0. The lowest BCUT2D eigenvalue weighted by Gasteiger charge is -2.15. The van der Waals surface area contributed by atoms with Crippen LogP contribution < -0.4 is 0 Å². The van der Waals surface area contributed by atoms with Crippen molar-refractivity contribution in [3.05, 3.63) is 163 Å². The Morgan fingerprint density at radius 3 is 2.08 bits per heavy atom. The Kier molecular flexibility index (Phi) is 6.78. The molecule has 6 aromatic carbocycles. The molecule has 0 unspecified atom stereocenters. The van der Waals surface area contributed by atoms with E-state index in [2.05, 4.69) is 133 Å². The van der Waals surface area contributed by atoms with Crippen LogP contribution in [0.4, 0.5) is 0 Å². The molecule has 0 atom stereocenters. The molecule has 0 fully saturated rings. The number of hydrogen-bond acceptors (Lipinski definition) is 5. The molecule has 3 aromatic heterocycles. The molecule has 0 aliphatic heterocycles. The molecule has 1 aliphatic rings. The molecule has 0 saturated carbocycles. The van der Waals surface area contributed by atoms with E-state index in [0.29, 0.717) is 17.5 Å². The van der Waals surface area contributed by atoms with Crippen molar-refractivity contribution in [2.75, 3.05) is 0 Å². The standard InChI is InChI=1S/C45H29N3OS/c1-2-11-28(12-3-1)29-13-8-15-31(25-29)43-46-44(48-45(47-43)33-23-24-36-35-17-4-6-21-39(35)49-40(36)27-33)32-16-9-14-30(26-32)34-19-10-20-38-37-18-5-7-22-41(37)50-42(34)38/h1-7,9-14,16-27H,8,15H2. The fraction of sp³-hybridized carbons (Fsp3) is 0.0444. The lowest BCUT2D eigenvalue weighted by atomic mass is 9.94. The van der Waals surface area contributed by atoms with E-state index in [-0.39, 0.29) is 0 Å². The number of allylic oxidation sites excluding steroid dienone is 4. The molecule has 236 valence electrons. The molecule has 0 radical (unpaired) electrons. The second kappa shape index (κ2) is 11.8. The molecular formula is C45H29N3OS. The lowest BCUT2D eigenvalue weighted by molar-refractivity contribution is 0.669. The minimum absolute atomic E-state index is 0.626. The summed E-state index contributed by atoms with van der Waals surface area (Å²) in [6, 6.07) is 48.8. The highest BCUT2D eigenvalue weighted by molar-refractivity contribution is 7.26. The number of nitrogens with zero attached hydrogens (tertiary/aromatic N) is 3. The Morgan fingerprint density at radius 2 is 1.18 bits per heavy atom. The molecule has 3 heterocycles. The Labute approximate surface area is 292 Å². The van der Waals surface area contributed by atoms with Gasteiger partial charge in [-0.15, -0.1) is 11.3 Å². The minimum atomic E-state index is 0.626. The lowest BCUT2D eigenvalue weighted by Crippen LogP contribution is -2.04. The van der Waals surface area contributed by atoms with Gasteiger partial charge in [-0.1, -0.05) is 115 Å². The first-order valence-corrected chi connectivity index (χ1v) is 17.7. The van der Waals surface area contributed by atoms with E-state index in [1.807, 2.05) is 29.5 Å². The number of thiophene rings is 1. The molecule has 0 N–H and O–H groups in total. The Balaban J connectivity index is 1.13. The molecule has 0 saturated heterocycles. The van der Waals surface area contributed by atoms with Crippen LogP contribution in [0.15, 0.2) is 156 Å². The minimum Gasteiger partial charge on any atom is -0.456 e. The zero-order valence-electron chi connectivity index (χ0n) is 27.0. The van der Waals surface area contributed by atoms with Crippen molar-refractivity contribution < 1.29 is 4.42 Å². The summed E-state index contributed by atoms with van der Waals surface area (Å²) < 4.78 is 8.85. The van der Waals surface area contributed by atoms with Crippen molar-refractivity contribution in [1.29, 1.82) is 0 Å². The maximum atomic E-state index is 6.27. The molecule has 10 rings (SSSR count). The van der Waals surface area contributed by atoms with Crippen LogP contribution in [0.2, 0.25) is 0 Å². The van der Waals surface area contributed by atoms with Gasteiger partial charge in [0.1, 0.15) is 11.2 Å². The van der Waals surface area contributed by atoms with E-state index >= 15 is 0 Å². The van der Waals surface area contributed by atoms with Crippen molar-refractivity contribution in [1.82, 2.24) is 15.0 Å². The Hall–Kier alpha value is -6.17. The monoisotopic (exact) mass is 659 g/mol. The van der Waals surface area contributed by atoms with Crippen LogP contribution in [0.3, 0.4) is 0 Å². The molecule has 9 aromatic rings. The average molecular weight is 660 g/mol. The highest BCUT2D eigenvalue weighted by Gasteiger charge is 2.19. The SMILES string of the molecule is C1=C(c2ccccc2)C=C(c2nc(-c3cccc(-c4cccc5c4sc4ccccc45)c3)nc(-c3ccc4c(c3)oc3ccccc34)n2)CC1. The van der Waals surface area contributed by atoms with E-state index in [1.165, 1.54) is 36.9 Å². The predicted octanol–water partition coefficient (Wildman–Crippen LogP) is 12.4. The van der Waals surface area contributed by atoms with E-state index < -0.39 is 0 Å². The van der Waals surface area contributed by atoms with Crippen LogP contribution >= 0.6 is 11.3 Å². The summed E-state index contributed by atoms with van der Waals surface area (Å²) in [7, 11) is 0. The van der Waals surface area contributed by atoms with E-state index in [9.17, 15) is 0 Å². The van der Waals surface area contributed by atoms with Gasteiger partial charge < -0.3 is 4.42 Å². The quantitative estimate of drug-likeness (QED) is 0.184. The second-order valence-corrected chi connectivity index (χ2v) is 13.8. The molecule has 0 bridgehead atoms. The van der Waals surface area contributed by atoms with E-state index in [0.717, 1.165) is 57.0 Å². The van der Waals surface area contributed by atoms with Gasteiger partial charge >= 0.3 is 0 Å². The van der Waals surface area contributed by atoms with Gasteiger partial charge in [0.15, 0.2) is 17.5 Å². The van der Waals surface area contributed by atoms with Crippen LogP contribution in [0, 0.1) is 0 Å². The Morgan fingerprint density at radius 1 is 0.500 bits per heavy atom. The van der Waals surface area contributed by atoms with E-state index in [1.54, 1.807) is 0 Å². The van der Waals surface area contributed by atoms with Crippen LogP contribution in [0.5, 0.6) is 0 Å². The number of rotatable bonds is 5. The van der Waals surface area contributed by atoms with Crippen LogP contribution in [0.1, 0.15) is 24.2 Å². The van der Waals surface area contributed by atoms with Gasteiger partial charge in [-0.05, 0) is 77.1 Å². The number of benzene rings is 6. The molecule has 4 nitrogen and oxygen atoms in total. The van der Waals surface area contributed by atoms with Crippen molar-refractivity contribution in [3.63, 3.8) is 0 Å². The summed E-state index contributed by atoms with van der Waals surface area (Å²) in [5, 5.41) is 4.76. The third-order valence-corrected chi connectivity index (χ3v) is 10.8. The summed E-state index contributed by atoms with van der Waals surface area (Å²) in [6.07, 6.45) is 6.32. The van der Waals surface area contributed by atoms with Gasteiger partial charge in [-0.3, -0.25) is 0 Å². The first kappa shape index (κ1) is 28.8. The Bertz CT molecular complexity index is 2820. The number of aromatic nitrogens is 3. The first-order chi connectivity index (χ1) is 24.7. The highest BCUT2D eigenvalue weighted by atomic mass is 32.1. The van der Waals surface area contributed by atoms with Crippen molar-refractivity contribution in [3.8, 4) is 33.9 Å². The highest BCUT2D eigenvalue weighted by Crippen LogP contribution is 2.41. The fourth-order valence-corrected chi connectivity index (χ4v) is 8.39. The van der Waals surface area contributed by atoms with Gasteiger partial charge in [0.25, 0.3) is 0 Å². The van der Waals surface area contributed by atoms with Crippen LogP contribution in [-0.4, -0.2) is 15.0 Å². The van der Waals surface area contributed by atoms with Gasteiger partial charge in [-0.2, -0.15) is 0 Å². The maximum absolute atomic E-state index is 6.27. The van der Waals surface area contributed by atoms with Crippen molar-refractivity contribution >= 4 is 64.6 Å². The summed E-state index contributed by atoms with van der Waals surface area (Å²) in [5.74, 6) is 1.98. The zero-order valence-corrected chi connectivity index (χ0v) is 27.8. The van der Waals surface area contributed by atoms with Gasteiger partial charge in [0, 0.05) is 42.1 Å². The average Bonchev–Trinajstić information content (AvgIpc) is 3.76. The normalized spacial score (nSPS) is 13.3. The third kappa shape index (κ3) is 4.94. The van der Waals surface area contributed by atoms with Gasteiger partial charge in [0.2, 0.25) is 0 Å². The molecule has 1 aliphatic carbocycles. The summed E-state index contributed by atoms with van der Waals surface area (Å²) >= 11 is 1.84. The summed E-state index contributed by atoms with van der Waals surface area (Å²) in [5.41, 5.74) is 9.36. The molecular weight excluding hydrogens is 631 g/mol. The molecule has 0 spiro atoms. The number of furan rings is 1. The topological polar surface area (TPSA) is 51.8 Å². The molecule has 50 heavy (non-hydrogen) atoms. The third-order valence-electron chi connectivity index (χ3n) is 9.61. The molecule has 0 amide bonds. The zero-order chi connectivity index (χ0) is 33.0. The summed E-state index contributed by atoms with van der Waals surface area (Å²) in [6.45, 7) is 0. The number of fused-ring (bicyclic) bond motifs is 6. The van der Waals surface area contributed by atoms with Crippen molar-refractivity contribution in [2.45, 2.75) is 12.8 Å². The van der Waals surface area contributed by atoms with E-state index in [4.69, 9.17) is 19.4 Å².